The van der Waals surface area contributed by atoms with E-state index in [9.17, 15) is 22.8 Å². The summed E-state index contributed by atoms with van der Waals surface area (Å²) in [6.07, 6.45) is -1.14. The lowest BCUT2D eigenvalue weighted by Gasteiger charge is -2.45. The van der Waals surface area contributed by atoms with Crippen LogP contribution in [0.25, 0.3) is 10.9 Å². The Hall–Kier alpha value is -4.06. The van der Waals surface area contributed by atoms with Crippen LogP contribution >= 0.6 is 0 Å². The number of carbonyl (C=O) groups excluding carboxylic acids is 3. The second kappa shape index (κ2) is 9.54. The topological polar surface area (TPSA) is 142 Å². The number of ether oxygens (including phenoxy) is 3. The Morgan fingerprint density at radius 1 is 1.15 bits per heavy atom. The first-order valence-corrected chi connectivity index (χ1v) is 14.2. The number of carbonyl (C=O) groups is 3. The van der Waals surface area contributed by atoms with Crippen molar-refractivity contribution in [3.63, 3.8) is 0 Å². The number of alkyl carbamates (subject to hydrolysis) is 2. The summed E-state index contributed by atoms with van der Waals surface area (Å²) in [6.45, 7) is 8.01. The quantitative estimate of drug-likeness (QED) is 0.358. The van der Waals surface area contributed by atoms with E-state index >= 15 is 0 Å². The van der Waals surface area contributed by atoms with Crippen LogP contribution < -0.4 is 10.6 Å². The monoisotopic (exact) mass is 569 g/mol. The van der Waals surface area contributed by atoms with Gasteiger partial charge in [0.05, 0.1) is 10.4 Å². The first-order chi connectivity index (χ1) is 18.7. The molecule has 2 amide bonds. The molecule has 1 aliphatic heterocycles. The number of amides is 2. The maximum absolute atomic E-state index is 13.8. The van der Waals surface area contributed by atoms with Gasteiger partial charge in [-0.3, -0.25) is 4.79 Å². The highest BCUT2D eigenvalue weighted by atomic mass is 32.2. The zero-order chi connectivity index (χ0) is 29.0. The number of benzene rings is 2. The van der Waals surface area contributed by atoms with E-state index in [-0.39, 0.29) is 17.9 Å². The molecule has 1 aromatic heterocycles. The van der Waals surface area contributed by atoms with Gasteiger partial charge in [-0.05, 0) is 51.5 Å². The molecule has 2 heterocycles. The Balaban J connectivity index is 1.72. The molecule has 40 heavy (non-hydrogen) atoms. The molecule has 3 aromatic rings. The van der Waals surface area contributed by atoms with E-state index in [1.807, 2.05) is 6.92 Å². The van der Waals surface area contributed by atoms with Crippen LogP contribution in [-0.4, -0.2) is 54.3 Å². The van der Waals surface area contributed by atoms with Crippen molar-refractivity contribution >= 4 is 39.1 Å². The average molecular weight is 570 g/mol. The van der Waals surface area contributed by atoms with Crippen LogP contribution in [0, 0.1) is 6.92 Å². The van der Waals surface area contributed by atoms with Crippen LogP contribution in [0.3, 0.4) is 0 Å². The van der Waals surface area contributed by atoms with Crippen LogP contribution in [-0.2, 0) is 35.4 Å². The maximum Gasteiger partial charge on any atom is 0.408 e. The molecule has 11 nitrogen and oxygen atoms in total. The van der Waals surface area contributed by atoms with Crippen LogP contribution in [0.5, 0.6) is 0 Å². The highest BCUT2D eigenvalue weighted by Crippen LogP contribution is 2.43. The number of esters is 1. The van der Waals surface area contributed by atoms with Gasteiger partial charge >= 0.3 is 18.2 Å². The van der Waals surface area contributed by atoms with Crippen molar-refractivity contribution in [1.82, 2.24) is 14.6 Å². The van der Waals surface area contributed by atoms with Gasteiger partial charge in [-0.15, -0.1) is 0 Å². The largest absolute Gasteiger partial charge is 0.455 e. The second-order valence-electron chi connectivity index (χ2n) is 11.2. The third-order valence-corrected chi connectivity index (χ3v) is 8.66. The number of aryl methyl sites for hydroxylation is 1. The number of nitrogens with one attached hydrogen (secondary N) is 2. The van der Waals surface area contributed by atoms with Gasteiger partial charge in [0.1, 0.15) is 23.8 Å². The zero-order valence-corrected chi connectivity index (χ0v) is 23.6. The minimum Gasteiger partial charge on any atom is -0.455 e. The molecular weight excluding hydrogens is 538 g/mol. The number of fused-ring (bicyclic) bond motifs is 1. The molecule has 0 saturated carbocycles. The normalized spacial score (nSPS) is 22.4. The molecule has 1 saturated heterocycles. The lowest BCUT2D eigenvalue weighted by Crippen LogP contribution is -2.71. The minimum atomic E-state index is -4.04. The van der Waals surface area contributed by atoms with Gasteiger partial charge < -0.3 is 24.8 Å². The van der Waals surface area contributed by atoms with Gasteiger partial charge in [0.2, 0.25) is 0 Å². The summed E-state index contributed by atoms with van der Waals surface area (Å²) < 4.78 is 45.4. The van der Waals surface area contributed by atoms with Gasteiger partial charge in [-0.1, -0.05) is 29.8 Å². The lowest BCUT2D eigenvalue weighted by atomic mass is 9.82. The fourth-order valence-corrected chi connectivity index (χ4v) is 6.73. The number of nitrogens with zero attached hydrogens (tertiary/aromatic N) is 1. The molecule has 3 atom stereocenters. The summed E-state index contributed by atoms with van der Waals surface area (Å²) in [4.78, 5) is 38.0. The summed E-state index contributed by atoms with van der Waals surface area (Å²) in [5, 5.41) is 6.14. The molecule has 2 aliphatic rings. The van der Waals surface area contributed by atoms with Crippen molar-refractivity contribution in [2.45, 2.75) is 69.2 Å². The van der Waals surface area contributed by atoms with Gasteiger partial charge in [0.25, 0.3) is 10.0 Å². The summed E-state index contributed by atoms with van der Waals surface area (Å²) in [5.74, 6) is -0.654. The fraction of sp³-hybridized carbons (Fsp3) is 0.393. The smallest absolute Gasteiger partial charge is 0.408 e. The Kier molecular flexibility index (Phi) is 6.56. The van der Waals surface area contributed by atoms with Crippen molar-refractivity contribution in [3.8, 4) is 0 Å². The lowest BCUT2D eigenvalue weighted by molar-refractivity contribution is -0.150. The first-order valence-electron chi connectivity index (χ1n) is 12.8. The molecule has 0 spiro atoms. The highest BCUT2D eigenvalue weighted by molar-refractivity contribution is 7.90. The third kappa shape index (κ3) is 4.87. The van der Waals surface area contributed by atoms with Crippen LogP contribution in [0.15, 0.2) is 53.6 Å². The fourth-order valence-electron chi connectivity index (χ4n) is 5.36. The van der Waals surface area contributed by atoms with E-state index in [4.69, 9.17) is 14.2 Å². The molecule has 2 aromatic carbocycles. The van der Waals surface area contributed by atoms with E-state index in [0.29, 0.717) is 22.0 Å². The Morgan fingerprint density at radius 3 is 2.50 bits per heavy atom. The van der Waals surface area contributed by atoms with Gasteiger partial charge in [0.15, 0.2) is 6.10 Å². The zero-order valence-electron chi connectivity index (χ0n) is 22.8. The van der Waals surface area contributed by atoms with Crippen LogP contribution in [0.2, 0.25) is 0 Å². The molecule has 0 unspecified atom stereocenters. The first kappa shape index (κ1) is 27.5. The van der Waals surface area contributed by atoms with Gasteiger partial charge in [-0.2, -0.15) is 0 Å². The predicted molar refractivity (Wildman–Crippen MR) is 144 cm³/mol. The van der Waals surface area contributed by atoms with Crippen LogP contribution in [0.4, 0.5) is 9.59 Å². The maximum atomic E-state index is 13.8. The van der Waals surface area contributed by atoms with E-state index in [0.717, 1.165) is 9.54 Å². The molecule has 0 bridgehead atoms. The summed E-state index contributed by atoms with van der Waals surface area (Å²) in [6, 6.07) is 10.7. The summed E-state index contributed by atoms with van der Waals surface area (Å²) >= 11 is 0. The van der Waals surface area contributed by atoms with E-state index < -0.39 is 51.5 Å². The van der Waals surface area contributed by atoms with Crippen molar-refractivity contribution in [2.75, 3.05) is 6.61 Å². The van der Waals surface area contributed by atoms with Crippen molar-refractivity contribution in [3.05, 3.63) is 65.4 Å². The average Bonchev–Trinajstić information content (AvgIpc) is 3.20. The number of hydrogen-bond acceptors (Lipinski definition) is 8. The molecule has 2 N–H and O–H groups in total. The van der Waals surface area contributed by atoms with E-state index in [1.165, 1.54) is 25.3 Å². The van der Waals surface area contributed by atoms with Gasteiger partial charge in [-0.25, -0.2) is 22.0 Å². The van der Waals surface area contributed by atoms with Gasteiger partial charge in [0, 0.05) is 30.5 Å². The van der Waals surface area contributed by atoms with E-state index in [1.54, 1.807) is 51.1 Å². The van der Waals surface area contributed by atoms with E-state index in [2.05, 4.69) is 10.6 Å². The molecule has 212 valence electrons. The van der Waals surface area contributed by atoms with Crippen molar-refractivity contribution in [1.29, 1.82) is 0 Å². The number of aromatic nitrogens is 1. The summed E-state index contributed by atoms with van der Waals surface area (Å²) in [5.41, 5.74) is 0.215. The Bertz CT molecular complexity index is 1620. The number of rotatable bonds is 4. The molecule has 5 rings (SSSR count). The second-order valence-corrected chi connectivity index (χ2v) is 13.0. The SMILES string of the molecule is CC(=O)O[C@@H]1c2cn(S(=O)(=O)c3ccc(C)cc3)c3cccc(c23)C[C@@]2(NC(=O)OC(C)(C)C)COC(=O)N[C@@H]12. The summed E-state index contributed by atoms with van der Waals surface area (Å²) in [7, 11) is -4.04. The molecule has 12 heteroatoms. The molecule has 0 radical (unpaired) electrons. The van der Waals surface area contributed by atoms with Crippen molar-refractivity contribution < 1.29 is 37.0 Å². The molecular formula is C28H31N3O8S. The number of hydrogen-bond donors (Lipinski definition) is 2. The molecule has 1 fully saturated rings. The third-order valence-electron chi connectivity index (χ3n) is 6.98. The minimum absolute atomic E-state index is 0.0911. The standard InChI is InChI=1S/C28H31N3O8S/c1-16-9-11-19(12-10-16)40(35,36)31-14-20-22-18(7-6-8-21(22)31)13-28(30-26(34)39-27(3,4)5)15-37-25(33)29-24(28)23(20)38-17(2)32/h6-12,14,23-24H,13,15H2,1-5H3,(H,29,33)(H,30,34)/t23-,24+,28-/m1/s1. The Morgan fingerprint density at radius 2 is 1.85 bits per heavy atom. The number of cyclic esters (lactones) is 1. The predicted octanol–water partition coefficient (Wildman–Crippen LogP) is 3.72. The highest BCUT2D eigenvalue weighted by Gasteiger charge is 2.54. The Labute approximate surface area is 231 Å². The van der Waals surface area contributed by atoms with Crippen molar-refractivity contribution in [2.24, 2.45) is 0 Å². The molecule has 1 aliphatic carbocycles. The van der Waals surface area contributed by atoms with Crippen LogP contribution in [0.1, 0.15) is 50.5 Å².